The number of phenols is 1. The van der Waals surface area contributed by atoms with Crippen LogP contribution in [0.15, 0.2) is 18.2 Å². The fraction of sp³-hybridized carbons (Fsp3) is 0.500. The number of methoxy groups -OCH3 is 1. The molecule has 0 saturated heterocycles. The van der Waals surface area contributed by atoms with Crippen LogP contribution in [-0.4, -0.2) is 36.6 Å². The van der Waals surface area contributed by atoms with E-state index in [9.17, 15) is 5.11 Å². The van der Waals surface area contributed by atoms with E-state index in [2.05, 4.69) is 0 Å². The van der Waals surface area contributed by atoms with Gasteiger partial charge in [0.05, 0.1) is 26.4 Å². The number of rotatable bonds is 6. The standard InChI is InChI=1S/C12H18O4/c1-9(16-6-5-13)7-10-3-4-11(14)12(8-10)15-2/h3-4,8-9,13-14H,5-7H2,1-2H3. The minimum absolute atomic E-state index is 0.0291. The summed E-state index contributed by atoms with van der Waals surface area (Å²) in [7, 11) is 1.52. The van der Waals surface area contributed by atoms with Crippen LogP contribution in [0.25, 0.3) is 0 Å². The van der Waals surface area contributed by atoms with E-state index >= 15 is 0 Å². The summed E-state index contributed by atoms with van der Waals surface area (Å²) in [6.07, 6.45) is 0.748. The molecule has 0 aliphatic heterocycles. The zero-order valence-electron chi connectivity index (χ0n) is 9.64. The molecule has 1 rings (SSSR count). The van der Waals surface area contributed by atoms with Crippen LogP contribution < -0.4 is 4.74 Å². The van der Waals surface area contributed by atoms with Gasteiger partial charge in [-0.25, -0.2) is 0 Å². The summed E-state index contributed by atoms with van der Waals surface area (Å²) < 4.78 is 10.4. The number of aromatic hydroxyl groups is 1. The molecule has 0 aliphatic carbocycles. The molecule has 4 nitrogen and oxygen atoms in total. The fourth-order valence-corrected chi connectivity index (χ4v) is 1.49. The van der Waals surface area contributed by atoms with Gasteiger partial charge in [0.15, 0.2) is 11.5 Å². The van der Waals surface area contributed by atoms with Crippen molar-refractivity contribution >= 4 is 0 Å². The topological polar surface area (TPSA) is 58.9 Å². The van der Waals surface area contributed by atoms with E-state index in [1.165, 1.54) is 7.11 Å². The average molecular weight is 226 g/mol. The number of hydrogen-bond donors (Lipinski definition) is 2. The molecule has 0 aliphatic rings. The number of aliphatic hydroxyl groups is 1. The second-order valence-electron chi connectivity index (χ2n) is 3.62. The zero-order valence-corrected chi connectivity index (χ0v) is 9.64. The second kappa shape index (κ2) is 6.35. The van der Waals surface area contributed by atoms with Gasteiger partial charge in [0.1, 0.15) is 0 Å². The Morgan fingerprint density at radius 3 is 2.75 bits per heavy atom. The SMILES string of the molecule is COc1cc(CC(C)OCCO)ccc1O. The van der Waals surface area contributed by atoms with Gasteiger partial charge in [-0.1, -0.05) is 6.07 Å². The lowest BCUT2D eigenvalue weighted by Gasteiger charge is -2.13. The molecular formula is C12H18O4. The number of aliphatic hydroxyl groups excluding tert-OH is 1. The van der Waals surface area contributed by atoms with E-state index in [0.717, 1.165) is 12.0 Å². The Hall–Kier alpha value is -1.26. The van der Waals surface area contributed by atoms with Crippen molar-refractivity contribution in [3.63, 3.8) is 0 Å². The van der Waals surface area contributed by atoms with Crippen molar-refractivity contribution < 1.29 is 19.7 Å². The van der Waals surface area contributed by atoms with E-state index in [1.807, 2.05) is 13.0 Å². The Bertz CT molecular complexity index is 325. The minimum Gasteiger partial charge on any atom is -0.504 e. The van der Waals surface area contributed by atoms with Crippen LogP contribution in [0.4, 0.5) is 0 Å². The lowest BCUT2D eigenvalue weighted by atomic mass is 10.1. The third-order valence-corrected chi connectivity index (χ3v) is 2.26. The zero-order chi connectivity index (χ0) is 12.0. The Morgan fingerprint density at radius 1 is 1.38 bits per heavy atom. The summed E-state index contributed by atoms with van der Waals surface area (Å²) in [6, 6.07) is 5.22. The fourth-order valence-electron chi connectivity index (χ4n) is 1.49. The Kier molecular flexibility index (Phi) is 5.08. The lowest BCUT2D eigenvalue weighted by molar-refractivity contribution is 0.0395. The van der Waals surface area contributed by atoms with E-state index < -0.39 is 0 Å². The molecule has 1 unspecified atom stereocenters. The van der Waals surface area contributed by atoms with Crippen LogP contribution in [0.2, 0.25) is 0 Å². The van der Waals surface area contributed by atoms with Crippen LogP contribution >= 0.6 is 0 Å². The quantitative estimate of drug-likeness (QED) is 0.768. The summed E-state index contributed by atoms with van der Waals surface area (Å²) in [4.78, 5) is 0. The molecule has 1 atom stereocenters. The normalized spacial score (nSPS) is 12.4. The first-order chi connectivity index (χ1) is 7.67. The van der Waals surface area contributed by atoms with Crippen LogP contribution in [0.1, 0.15) is 12.5 Å². The predicted molar refractivity (Wildman–Crippen MR) is 60.9 cm³/mol. The Labute approximate surface area is 95.4 Å². The highest BCUT2D eigenvalue weighted by atomic mass is 16.5. The van der Waals surface area contributed by atoms with E-state index in [4.69, 9.17) is 14.6 Å². The molecule has 0 heterocycles. The average Bonchev–Trinajstić information content (AvgIpc) is 2.29. The molecule has 4 heteroatoms. The highest BCUT2D eigenvalue weighted by molar-refractivity contribution is 5.41. The summed E-state index contributed by atoms with van der Waals surface area (Å²) in [5.74, 6) is 0.599. The van der Waals surface area contributed by atoms with Crippen molar-refractivity contribution in [1.82, 2.24) is 0 Å². The molecular weight excluding hydrogens is 208 g/mol. The van der Waals surface area contributed by atoms with Gasteiger partial charge in [0.2, 0.25) is 0 Å². The van der Waals surface area contributed by atoms with Gasteiger partial charge in [0, 0.05) is 0 Å². The highest BCUT2D eigenvalue weighted by Crippen LogP contribution is 2.26. The molecule has 1 aromatic carbocycles. The number of benzene rings is 1. The van der Waals surface area contributed by atoms with Crippen molar-refractivity contribution in [2.45, 2.75) is 19.4 Å². The lowest BCUT2D eigenvalue weighted by Crippen LogP contribution is -2.14. The first kappa shape index (κ1) is 12.8. The smallest absolute Gasteiger partial charge is 0.160 e. The van der Waals surface area contributed by atoms with Crippen molar-refractivity contribution in [3.8, 4) is 11.5 Å². The maximum Gasteiger partial charge on any atom is 0.160 e. The summed E-state index contributed by atoms with van der Waals surface area (Å²) >= 11 is 0. The van der Waals surface area contributed by atoms with E-state index in [1.54, 1.807) is 12.1 Å². The molecule has 0 amide bonds. The molecule has 0 aromatic heterocycles. The maximum absolute atomic E-state index is 9.42. The van der Waals surface area contributed by atoms with Crippen molar-refractivity contribution in [3.05, 3.63) is 23.8 Å². The van der Waals surface area contributed by atoms with Gasteiger partial charge in [-0.2, -0.15) is 0 Å². The van der Waals surface area contributed by atoms with Crippen LogP contribution in [0, 0.1) is 0 Å². The van der Waals surface area contributed by atoms with E-state index in [0.29, 0.717) is 12.4 Å². The Morgan fingerprint density at radius 2 is 2.12 bits per heavy atom. The van der Waals surface area contributed by atoms with Gasteiger partial charge in [-0.05, 0) is 31.0 Å². The molecule has 0 fully saturated rings. The highest BCUT2D eigenvalue weighted by Gasteiger charge is 2.07. The molecule has 2 N–H and O–H groups in total. The third-order valence-electron chi connectivity index (χ3n) is 2.26. The van der Waals surface area contributed by atoms with Crippen LogP contribution in [-0.2, 0) is 11.2 Å². The summed E-state index contributed by atoms with van der Waals surface area (Å²) in [6.45, 7) is 2.31. The number of phenolic OH excluding ortho intramolecular Hbond substituents is 1. The Balaban J connectivity index is 2.59. The van der Waals surface area contributed by atoms with E-state index in [-0.39, 0.29) is 18.5 Å². The van der Waals surface area contributed by atoms with Gasteiger partial charge in [-0.15, -0.1) is 0 Å². The molecule has 90 valence electrons. The van der Waals surface area contributed by atoms with Crippen LogP contribution in [0.5, 0.6) is 11.5 Å². The summed E-state index contributed by atoms with van der Waals surface area (Å²) in [5, 5.41) is 18.0. The van der Waals surface area contributed by atoms with Gasteiger partial charge >= 0.3 is 0 Å². The number of ether oxygens (including phenoxy) is 2. The molecule has 0 radical (unpaired) electrons. The van der Waals surface area contributed by atoms with Gasteiger partial charge < -0.3 is 19.7 Å². The largest absolute Gasteiger partial charge is 0.504 e. The molecule has 0 spiro atoms. The van der Waals surface area contributed by atoms with Gasteiger partial charge in [-0.3, -0.25) is 0 Å². The monoisotopic (exact) mass is 226 g/mol. The van der Waals surface area contributed by atoms with Crippen molar-refractivity contribution in [2.24, 2.45) is 0 Å². The predicted octanol–water partition coefficient (Wildman–Crippen LogP) is 1.34. The molecule has 1 aromatic rings. The van der Waals surface area contributed by atoms with Crippen molar-refractivity contribution in [1.29, 1.82) is 0 Å². The summed E-state index contributed by atoms with van der Waals surface area (Å²) in [5.41, 5.74) is 1.03. The second-order valence-corrected chi connectivity index (χ2v) is 3.62. The van der Waals surface area contributed by atoms with Crippen molar-refractivity contribution in [2.75, 3.05) is 20.3 Å². The molecule has 16 heavy (non-hydrogen) atoms. The third kappa shape index (κ3) is 3.72. The first-order valence-corrected chi connectivity index (χ1v) is 5.25. The first-order valence-electron chi connectivity index (χ1n) is 5.25. The maximum atomic E-state index is 9.42. The molecule has 0 bridgehead atoms. The molecule has 0 saturated carbocycles. The van der Waals surface area contributed by atoms with Crippen LogP contribution in [0.3, 0.4) is 0 Å². The number of hydrogen-bond acceptors (Lipinski definition) is 4. The minimum atomic E-state index is 0.0291. The van der Waals surface area contributed by atoms with Gasteiger partial charge in [0.25, 0.3) is 0 Å².